The van der Waals surface area contributed by atoms with Crippen molar-refractivity contribution in [1.29, 1.82) is 0 Å². The molecule has 5 nitrogen and oxygen atoms in total. The number of benzene rings is 1. The number of rotatable bonds is 9. The van der Waals surface area contributed by atoms with Gasteiger partial charge in [0.2, 0.25) is 0 Å². The van der Waals surface area contributed by atoms with Crippen LogP contribution in [0.3, 0.4) is 0 Å². The lowest BCUT2D eigenvalue weighted by Gasteiger charge is -2.09. The van der Waals surface area contributed by atoms with Gasteiger partial charge in [0.25, 0.3) is 5.91 Å². The summed E-state index contributed by atoms with van der Waals surface area (Å²) in [6.45, 7) is 4.58. The van der Waals surface area contributed by atoms with Crippen molar-refractivity contribution in [3.8, 4) is 5.75 Å². The van der Waals surface area contributed by atoms with E-state index < -0.39 is 0 Å². The van der Waals surface area contributed by atoms with Crippen LogP contribution in [0.25, 0.3) is 0 Å². The monoisotopic (exact) mass is 300 g/mol. The number of halogens is 1. The molecular formula is C14H21ClN2O3. The summed E-state index contributed by atoms with van der Waals surface area (Å²) in [5.74, 6) is 0.492. The average molecular weight is 301 g/mol. The molecule has 6 heteroatoms. The molecule has 0 unspecified atom stereocenters. The zero-order valence-corrected chi connectivity index (χ0v) is 12.6. The number of hydrogen-bond acceptors (Lipinski definition) is 4. The van der Waals surface area contributed by atoms with Crippen molar-refractivity contribution in [1.82, 2.24) is 10.6 Å². The molecule has 1 amide bonds. The van der Waals surface area contributed by atoms with Crippen LogP contribution >= 0.6 is 11.6 Å². The number of carbonyl (C=O) groups is 1. The van der Waals surface area contributed by atoms with E-state index in [0.29, 0.717) is 30.5 Å². The summed E-state index contributed by atoms with van der Waals surface area (Å²) in [5, 5.41) is 6.58. The molecule has 0 aliphatic rings. The van der Waals surface area contributed by atoms with E-state index in [4.69, 9.17) is 21.1 Å². The highest BCUT2D eigenvalue weighted by Gasteiger charge is 2.03. The summed E-state index contributed by atoms with van der Waals surface area (Å²) in [4.78, 5) is 11.5. The molecule has 20 heavy (non-hydrogen) atoms. The van der Waals surface area contributed by atoms with Crippen LogP contribution in [0.1, 0.15) is 5.56 Å². The Morgan fingerprint density at radius 3 is 2.80 bits per heavy atom. The summed E-state index contributed by atoms with van der Waals surface area (Å²) in [7, 11) is 1.65. The lowest BCUT2D eigenvalue weighted by molar-refractivity contribution is -0.123. The molecule has 0 saturated heterocycles. The molecule has 1 aromatic carbocycles. The van der Waals surface area contributed by atoms with E-state index in [1.54, 1.807) is 19.2 Å². The Labute approximate surface area is 124 Å². The summed E-state index contributed by atoms with van der Waals surface area (Å²) in [6.07, 6.45) is 0. The third-order valence-electron chi connectivity index (χ3n) is 2.61. The van der Waals surface area contributed by atoms with Crippen LogP contribution in [0.5, 0.6) is 5.75 Å². The van der Waals surface area contributed by atoms with E-state index in [9.17, 15) is 4.79 Å². The Hall–Kier alpha value is -1.30. The standard InChI is InChI=1S/C14H21ClN2O3/c1-11-9-12(3-4-13(11)15)20-10-14(18)17-6-5-16-7-8-19-2/h3-4,9,16H,5-8,10H2,1-2H3,(H,17,18). The second kappa shape index (κ2) is 9.58. The van der Waals surface area contributed by atoms with Gasteiger partial charge in [-0.25, -0.2) is 0 Å². The molecular weight excluding hydrogens is 280 g/mol. The van der Waals surface area contributed by atoms with Crippen molar-refractivity contribution in [2.24, 2.45) is 0 Å². The van der Waals surface area contributed by atoms with E-state index in [0.717, 1.165) is 12.1 Å². The van der Waals surface area contributed by atoms with Gasteiger partial charge >= 0.3 is 0 Å². The minimum Gasteiger partial charge on any atom is -0.484 e. The normalized spacial score (nSPS) is 10.3. The molecule has 0 spiro atoms. The van der Waals surface area contributed by atoms with Crippen LogP contribution in [0.15, 0.2) is 18.2 Å². The van der Waals surface area contributed by atoms with Crippen LogP contribution in [-0.2, 0) is 9.53 Å². The quantitative estimate of drug-likeness (QED) is 0.677. The highest BCUT2D eigenvalue weighted by atomic mass is 35.5. The predicted molar refractivity (Wildman–Crippen MR) is 79.4 cm³/mol. The van der Waals surface area contributed by atoms with Crippen LogP contribution in [-0.4, -0.2) is 45.9 Å². The van der Waals surface area contributed by atoms with Gasteiger partial charge in [0.15, 0.2) is 6.61 Å². The first-order valence-electron chi connectivity index (χ1n) is 6.49. The van der Waals surface area contributed by atoms with Crippen LogP contribution < -0.4 is 15.4 Å². The molecule has 2 N–H and O–H groups in total. The van der Waals surface area contributed by atoms with Crippen LogP contribution in [0.2, 0.25) is 5.02 Å². The summed E-state index contributed by atoms with van der Waals surface area (Å²) in [5.41, 5.74) is 0.923. The number of ether oxygens (including phenoxy) is 2. The fourth-order valence-electron chi connectivity index (χ4n) is 1.50. The van der Waals surface area contributed by atoms with Crippen molar-refractivity contribution in [3.63, 3.8) is 0 Å². The van der Waals surface area contributed by atoms with E-state index >= 15 is 0 Å². The molecule has 1 aromatic rings. The number of carbonyl (C=O) groups excluding carboxylic acids is 1. The lowest BCUT2D eigenvalue weighted by Crippen LogP contribution is -2.35. The number of hydrogen-bond donors (Lipinski definition) is 2. The molecule has 0 atom stereocenters. The average Bonchev–Trinajstić information content (AvgIpc) is 2.44. The molecule has 0 heterocycles. The second-order valence-corrected chi connectivity index (χ2v) is 4.70. The van der Waals surface area contributed by atoms with Gasteiger partial charge in [-0.15, -0.1) is 0 Å². The third kappa shape index (κ3) is 6.75. The molecule has 112 valence electrons. The van der Waals surface area contributed by atoms with Crippen molar-refractivity contribution in [3.05, 3.63) is 28.8 Å². The van der Waals surface area contributed by atoms with Gasteiger partial charge in [-0.3, -0.25) is 4.79 Å². The Balaban J connectivity index is 2.15. The second-order valence-electron chi connectivity index (χ2n) is 4.29. The summed E-state index contributed by atoms with van der Waals surface area (Å²) in [6, 6.07) is 5.31. The first-order valence-corrected chi connectivity index (χ1v) is 6.86. The largest absolute Gasteiger partial charge is 0.484 e. The minimum absolute atomic E-state index is 0.000850. The molecule has 0 radical (unpaired) electrons. The van der Waals surface area contributed by atoms with Gasteiger partial charge < -0.3 is 20.1 Å². The zero-order valence-electron chi connectivity index (χ0n) is 11.9. The van der Waals surface area contributed by atoms with Gasteiger partial charge in [0.1, 0.15) is 5.75 Å². The molecule has 0 saturated carbocycles. The predicted octanol–water partition coefficient (Wildman–Crippen LogP) is 1.38. The Morgan fingerprint density at radius 2 is 2.10 bits per heavy atom. The van der Waals surface area contributed by atoms with Gasteiger partial charge in [0, 0.05) is 31.8 Å². The molecule has 0 fully saturated rings. The number of methoxy groups -OCH3 is 1. The fourth-order valence-corrected chi connectivity index (χ4v) is 1.61. The van der Waals surface area contributed by atoms with Crippen molar-refractivity contribution < 1.29 is 14.3 Å². The number of amides is 1. The zero-order chi connectivity index (χ0) is 14.8. The van der Waals surface area contributed by atoms with E-state index in [-0.39, 0.29) is 12.5 Å². The van der Waals surface area contributed by atoms with Crippen LogP contribution in [0.4, 0.5) is 0 Å². The molecule has 0 aliphatic carbocycles. The number of nitrogens with one attached hydrogen (secondary N) is 2. The maximum absolute atomic E-state index is 11.5. The Kier molecular flexibility index (Phi) is 8.02. The van der Waals surface area contributed by atoms with E-state index in [1.807, 2.05) is 13.0 Å². The van der Waals surface area contributed by atoms with Gasteiger partial charge in [-0.1, -0.05) is 11.6 Å². The van der Waals surface area contributed by atoms with Gasteiger partial charge in [-0.05, 0) is 30.7 Å². The lowest BCUT2D eigenvalue weighted by atomic mass is 10.2. The molecule has 0 aromatic heterocycles. The Bertz CT molecular complexity index is 427. The van der Waals surface area contributed by atoms with Crippen molar-refractivity contribution in [2.45, 2.75) is 6.92 Å². The smallest absolute Gasteiger partial charge is 0.257 e. The first kappa shape index (κ1) is 16.8. The minimum atomic E-state index is -0.147. The molecule has 0 bridgehead atoms. The van der Waals surface area contributed by atoms with E-state index in [2.05, 4.69) is 10.6 Å². The molecule has 1 rings (SSSR count). The van der Waals surface area contributed by atoms with Gasteiger partial charge in [0.05, 0.1) is 6.61 Å². The maximum atomic E-state index is 11.5. The SMILES string of the molecule is COCCNCCNC(=O)COc1ccc(Cl)c(C)c1. The summed E-state index contributed by atoms with van der Waals surface area (Å²) >= 11 is 5.91. The van der Waals surface area contributed by atoms with Crippen molar-refractivity contribution >= 4 is 17.5 Å². The number of aryl methyl sites for hydroxylation is 1. The molecule has 0 aliphatic heterocycles. The first-order chi connectivity index (χ1) is 9.63. The third-order valence-corrected chi connectivity index (χ3v) is 3.03. The maximum Gasteiger partial charge on any atom is 0.257 e. The van der Waals surface area contributed by atoms with Crippen LogP contribution in [0, 0.1) is 6.92 Å². The highest BCUT2D eigenvalue weighted by Crippen LogP contribution is 2.20. The van der Waals surface area contributed by atoms with E-state index in [1.165, 1.54) is 0 Å². The van der Waals surface area contributed by atoms with Gasteiger partial charge in [-0.2, -0.15) is 0 Å². The summed E-state index contributed by atoms with van der Waals surface area (Å²) < 4.78 is 10.3. The topological polar surface area (TPSA) is 59.6 Å². The Morgan fingerprint density at radius 1 is 1.30 bits per heavy atom. The fraction of sp³-hybridized carbons (Fsp3) is 0.500. The highest BCUT2D eigenvalue weighted by molar-refractivity contribution is 6.31. The van der Waals surface area contributed by atoms with Crippen molar-refractivity contribution in [2.75, 3.05) is 40.0 Å².